The number of rotatable bonds is 7. The molecule has 100 valence electrons. The number of thioether (sulfide) groups is 1. The van der Waals surface area contributed by atoms with Crippen molar-refractivity contribution in [1.29, 1.82) is 0 Å². The maximum absolute atomic E-state index is 9.04. The first-order valence-corrected chi connectivity index (χ1v) is 6.96. The number of aliphatic hydroxyl groups excluding tert-OH is 1. The van der Waals surface area contributed by atoms with Gasteiger partial charge in [-0.2, -0.15) is 11.8 Å². The maximum Gasteiger partial charge on any atom is 0.140 e. The number of nitrogens with zero attached hydrogens (tertiary/aromatic N) is 1. The molecule has 0 saturated heterocycles. The van der Waals surface area contributed by atoms with E-state index < -0.39 is 0 Å². The van der Waals surface area contributed by atoms with Crippen LogP contribution in [0.2, 0.25) is 0 Å². The van der Waals surface area contributed by atoms with E-state index in [4.69, 9.17) is 16.0 Å². The van der Waals surface area contributed by atoms with E-state index in [-0.39, 0.29) is 23.6 Å². The zero-order valence-electron chi connectivity index (χ0n) is 10.5. The van der Waals surface area contributed by atoms with Crippen LogP contribution in [0.1, 0.15) is 24.2 Å². The molecule has 1 rings (SSSR count). The van der Waals surface area contributed by atoms with Crippen LogP contribution in [0.25, 0.3) is 0 Å². The minimum absolute atomic E-state index is 0.149. The van der Waals surface area contributed by atoms with Crippen LogP contribution in [-0.2, 0) is 0 Å². The summed E-state index contributed by atoms with van der Waals surface area (Å²) in [6.07, 6.45) is 0.503. The quantitative estimate of drug-likeness (QED) is 0.307. The van der Waals surface area contributed by atoms with Gasteiger partial charge in [0.25, 0.3) is 0 Å². The van der Waals surface area contributed by atoms with Crippen molar-refractivity contribution in [1.82, 2.24) is 0 Å². The van der Waals surface area contributed by atoms with Gasteiger partial charge >= 0.3 is 0 Å². The van der Waals surface area contributed by atoms with E-state index in [0.717, 1.165) is 11.3 Å². The van der Waals surface area contributed by atoms with E-state index in [1.807, 2.05) is 37.3 Å². The highest BCUT2D eigenvalue weighted by Gasteiger charge is 2.15. The van der Waals surface area contributed by atoms with Crippen molar-refractivity contribution >= 4 is 17.6 Å². The van der Waals surface area contributed by atoms with Crippen LogP contribution < -0.4 is 5.73 Å². The second-order valence-corrected chi connectivity index (χ2v) is 5.55. The Balaban J connectivity index is 2.69. The number of oxime groups is 1. The predicted octanol–water partition coefficient (Wildman–Crippen LogP) is 2.23. The minimum Gasteiger partial charge on any atom is -0.409 e. The Morgan fingerprint density at radius 2 is 2.06 bits per heavy atom. The molecule has 0 amide bonds. The molecule has 0 saturated carbocycles. The van der Waals surface area contributed by atoms with Gasteiger partial charge in [0.2, 0.25) is 0 Å². The third-order valence-electron chi connectivity index (χ3n) is 2.59. The Hall–Kier alpha value is -1.20. The highest BCUT2D eigenvalue weighted by molar-refractivity contribution is 7.99. The van der Waals surface area contributed by atoms with Crippen LogP contribution in [0.15, 0.2) is 35.5 Å². The number of hydrogen-bond donors (Lipinski definition) is 3. The monoisotopic (exact) mass is 268 g/mol. The number of hydrogen-bond acceptors (Lipinski definition) is 4. The van der Waals surface area contributed by atoms with Gasteiger partial charge in [0.05, 0.1) is 0 Å². The van der Waals surface area contributed by atoms with Crippen molar-refractivity contribution in [3.8, 4) is 0 Å². The summed E-state index contributed by atoms with van der Waals surface area (Å²) in [7, 11) is 0. The van der Waals surface area contributed by atoms with Gasteiger partial charge in [-0.1, -0.05) is 42.4 Å². The molecule has 1 aromatic carbocycles. The normalized spacial score (nSPS) is 15.3. The lowest BCUT2D eigenvalue weighted by Gasteiger charge is -2.18. The van der Waals surface area contributed by atoms with Gasteiger partial charge in [-0.25, -0.2) is 0 Å². The molecule has 5 heteroatoms. The van der Waals surface area contributed by atoms with Crippen LogP contribution in [0, 0.1) is 5.92 Å². The highest BCUT2D eigenvalue weighted by Crippen LogP contribution is 2.33. The van der Waals surface area contributed by atoms with Crippen LogP contribution >= 0.6 is 11.8 Å². The second-order valence-electron chi connectivity index (χ2n) is 4.32. The van der Waals surface area contributed by atoms with Crippen molar-refractivity contribution < 1.29 is 10.3 Å². The molecule has 0 aliphatic carbocycles. The molecule has 0 radical (unpaired) electrons. The van der Waals surface area contributed by atoms with Gasteiger partial charge in [0.1, 0.15) is 5.84 Å². The Kier molecular flexibility index (Phi) is 6.60. The number of benzene rings is 1. The zero-order valence-corrected chi connectivity index (χ0v) is 11.3. The summed E-state index contributed by atoms with van der Waals surface area (Å²) in [6, 6.07) is 9.98. The van der Waals surface area contributed by atoms with Crippen LogP contribution in [-0.4, -0.2) is 28.5 Å². The smallest absolute Gasteiger partial charge is 0.140 e. The first-order valence-electron chi connectivity index (χ1n) is 5.91. The van der Waals surface area contributed by atoms with Gasteiger partial charge in [0, 0.05) is 18.3 Å². The molecule has 0 aliphatic heterocycles. The van der Waals surface area contributed by atoms with Crippen molar-refractivity contribution in [2.24, 2.45) is 16.8 Å². The zero-order chi connectivity index (χ0) is 13.4. The van der Waals surface area contributed by atoms with E-state index in [1.165, 1.54) is 0 Å². The standard InChI is InChI=1S/C13H20N2O2S/c1-10(8-16)9-18-12(7-13(14)15-17)11-5-3-2-4-6-11/h2-6,10,12,16-17H,7-9H2,1H3,(H2,14,15). The Morgan fingerprint density at radius 1 is 1.39 bits per heavy atom. The van der Waals surface area contributed by atoms with Crippen molar-refractivity contribution in [3.05, 3.63) is 35.9 Å². The van der Waals surface area contributed by atoms with E-state index in [9.17, 15) is 0 Å². The largest absolute Gasteiger partial charge is 0.409 e. The number of nitrogens with two attached hydrogens (primary N) is 1. The van der Waals surface area contributed by atoms with E-state index in [2.05, 4.69) is 5.16 Å². The molecule has 18 heavy (non-hydrogen) atoms. The molecule has 2 unspecified atom stereocenters. The topological polar surface area (TPSA) is 78.8 Å². The fraction of sp³-hybridized carbons (Fsp3) is 0.462. The van der Waals surface area contributed by atoms with Gasteiger partial charge in [-0.05, 0) is 17.2 Å². The molecule has 0 aliphatic rings. The molecule has 0 spiro atoms. The van der Waals surface area contributed by atoms with Crippen molar-refractivity contribution in [2.45, 2.75) is 18.6 Å². The molecule has 0 fully saturated rings. The fourth-order valence-electron chi connectivity index (χ4n) is 1.50. The Labute approximate surface area is 112 Å². The SMILES string of the molecule is CC(CO)CSC(CC(N)=NO)c1ccccc1. The number of amidine groups is 1. The van der Waals surface area contributed by atoms with Gasteiger partial charge in [-0.3, -0.25) is 0 Å². The molecular weight excluding hydrogens is 248 g/mol. The third kappa shape index (κ3) is 4.98. The van der Waals surface area contributed by atoms with Crippen LogP contribution in [0.4, 0.5) is 0 Å². The molecule has 0 bridgehead atoms. The van der Waals surface area contributed by atoms with Crippen LogP contribution in [0.3, 0.4) is 0 Å². The fourth-order valence-corrected chi connectivity index (χ4v) is 2.81. The summed E-state index contributed by atoms with van der Waals surface area (Å²) in [6.45, 7) is 2.18. The maximum atomic E-state index is 9.04. The van der Waals surface area contributed by atoms with Gasteiger partial charge in [0.15, 0.2) is 0 Å². The lowest BCUT2D eigenvalue weighted by molar-refractivity contribution is 0.250. The predicted molar refractivity (Wildman–Crippen MR) is 75.9 cm³/mol. The van der Waals surface area contributed by atoms with E-state index in [1.54, 1.807) is 11.8 Å². The van der Waals surface area contributed by atoms with E-state index in [0.29, 0.717) is 6.42 Å². The number of aliphatic hydroxyl groups is 1. The summed E-state index contributed by atoms with van der Waals surface area (Å²) in [5.41, 5.74) is 6.74. The molecule has 2 atom stereocenters. The second kappa shape index (κ2) is 8.00. The third-order valence-corrected chi connectivity index (χ3v) is 4.19. The van der Waals surface area contributed by atoms with Gasteiger partial charge < -0.3 is 16.0 Å². The Bertz CT molecular complexity index is 371. The average Bonchev–Trinajstić information content (AvgIpc) is 2.43. The molecule has 4 N–H and O–H groups in total. The van der Waals surface area contributed by atoms with E-state index >= 15 is 0 Å². The van der Waals surface area contributed by atoms with Crippen molar-refractivity contribution in [3.63, 3.8) is 0 Å². The Morgan fingerprint density at radius 3 is 2.61 bits per heavy atom. The molecule has 4 nitrogen and oxygen atoms in total. The average molecular weight is 268 g/mol. The minimum atomic E-state index is 0.149. The lowest BCUT2D eigenvalue weighted by Crippen LogP contribution is -2.16. The highest BCUT2D eigenvalue weighted by atomic mass is 32.2. The summed E-state index contributed by atoms with van der Waals surface area (Å²) in [4.78, 5) is 0. The molecule has 0 aromatic heterocycles. The van der Waals surface area contributed by atoms with Gasteiger partial charge in [-0.15, -0.1) is 0 Å². The molecular formula is C13H20N2O2S. The lowest BCUT2D eigenvalue weighted by atomic mass is 10.1. The summed E-state index contributed by atoms with van der Waals surface area (Å²) >= 11 is 1.72. The van der Waals surface area contributed by atoms with Crippen LogP contribution in [0.5, 0.6) is 0 Å². The summed E-state index contributed by atoms with van der Waals surface area (Å²) in [5, 5.41) is 20.9. The summed E-state index contributed by atoms with van der Waals surface area (Å²) in [5.74, 6) is 1.32. The molecule has 0 heterocycles. The first kappa shape index (κ1) is 14.9. The first-order chi connectivity index (χ1) is 8.67. The molecule has 1 aromatic rings. The summed E-state index contributed by atoms with van der Waals surface area (Å²) < 4.78 is 0. The van der Waals surface area contributed by atoms with Crippen molar-refractivity contribution in [2.75, 3.05) is 12.4 Å².